The molecule has 22 heavy (non-hydrogen) atoms. The first-order chi connectivity index (χ1) is 10.3. The van der Waals surface area contributed by atoms with Crippen molar-refractivity contribution < 1.29 is 19.1 Å². The lowest BCUT2D eigenvalue weighted by Gasteiger charge is -2.31. The molecule has 2 aliphatic heterocycles. The molecule has 1 N–H and O–H groups in total. The van der Waals surface area contributed by atoms with Gasteiger partial charge in [-0.25, -0.2) is 0 Å². The van der Waals surface area contributed by atoms with E-state index in [2.05, 4.69) is 5.32 Å². The fraction of sp³-hybridized carbons (Fsp3) is 0.500. The summed E-state index contributed by atoms with van der Waals surface area (Å²) < 4.78 is 10.5. The highest BCUT2D eigenvalue weighted by Gasteiger charge is 2.39. The highest BCUT2D eigenvalue weighted by atomic mass is 16.7. The first-order valence-corrected chi connectivity index (χ1v) is 7.35. The van der Waals surface area contributed by atoms with Crippen LogP contribution in [0, 0.1) is 5.92 Å². The molecule has 3 rings (SSSR count). The molecule has 0 bridgehead atoms. The van der Waals surface area contributed by atoms with Crippen LogP contribution >= 0.6 is 0 Å². The second-order valence-electron chi connectivity index (χ2n) is 6.63. The van der Waals surface area contributed by atoms with Crippen molar-refractivity contribution in [3.05, 3.63) is 18.2 Å². The van der Waals surface area contributed by atoms with Crippen LogP contribution < -0.4 is 14.8 Å². The molecule has 6 nitrogen and oxygen atoms in total. The molecule has 1 aromatic rings. The van der Waals surface area contributed by atoms with Gasteiger partial charge in [-0.05, 0) is 32.9 Å². The number of hydrogen-bond acceptors (Lipinski definition) is 4. The number of anilines is 1. The van der Waals surface area contributed by atoms with Crippen LogP contribution in [-0.2, 0) is 9.59 Å². The van der Waals surface area contributed by atoms with Crippen LogP contribution in [0.5, 0.6) is 11.5 Å². The van der Waals surface area contributed by atoms with E-state index in [4.69, 9.17) is 9.47 Å². The first kappa shape index (κ1) is 14.7. The van der Waals surface area contributed by atoms with Crippen molar-refractivity contribution in [2.45, 2.75) is 32.7 Å². The van der Waals surface area contributed by atoms with Gasteiger partial charge in [0.25, 0.3) is 0 Å². The first-order valence-electron chi connectivity index (χ1n) is 7.35. The number of ether oxygens (including phenoxy) is 2. The molecule has 0 spiro atoms. The average molecular weight is 304 g/mol. The maximum atomic E-state index is 12.4. The normalized spacial score (nSPS) is 20.4. The van der Waals surface area contributed by atoms with Crippen LogP contribution in [-0.4, -0.2) is 35.6 Å². The molecule has 2 heterocycles. The van der Waals surface area contributed by atoms with Crippen LogP contribution in [0.25, 0.3) is 0 Å². The number of hydrogen-bond donors (Lipinski definition) is 1. The summed E-state index contributed by atoms with van der Waals surface area (Å²) in [4.78, 5) is 26.2. The Labute approximate surface area is 129 Å². The fourth-order valence-electron chi connectivity index (χ4n) is 2.75. The summed E-state index contributed by atoms with van der Waals surface area (Å²) in [5, 5.41) is 2.85. The van der Waals surface area contributed by atoms with E-state index >= 15 is 0 Å². The van der Waals surface area contributed by atoms with Gasteiger partial charge in [0.05, 0.1) is 5.92 Å². The number of nitrogens with one attached hydrogen (secondary N) is 1. The van der Waals surface area contributed by atoms with Crippen molar-refractivity contribution in [3.8, 4) is 11.5 Å². The number of amides is 2. The molecule has 1 atom stereocenters. The van der Waals surface area contributed by atoms with E-state index in [1.54, 1.807) is 23.1 Å². The average Bonchev–Trinajstić information content (AvgIpc) is 3.03. The number of nitrogens with zero attached hydrogens (tertiary/aromatic N) is 1. The molecule has 0 aliphatic carbocycles. The third kappa shape index (κ3) is 2.73. The summed E-state index contributed by atoms with van der Waals surface area (Å²) in [6.45, 7) is 6.58. The molecule has 1 saturated heterocycles. The van der Waals surface area contributed by atoms with Gasteiger partial charge >= 0.3 is 0 Å². The van der Waals surface area contributed by atoms with Gasteiger partial charge in [-0.2, -0.15) is 0 Å². The maximum absolute atomic E-state index is 12.4. The topological polar surface area (TPSA) is 67.9 Å². The van der Waals surface area contributed by atoms with Crippen LogP contribution in [0.2, 0.25) is 0 Å². The Morgan fingerprint density at radius 1 is 1.27 bits per heavy atom. The van der Waals surface area contributed by atoms with E-state index in [1.807, 2.05) is 20.8 Å². The number of rotatable bonds is 2. The van der Waals surface area contributed by atoms with Gasteiger partial charge in [0.15, 0.2) is 11.5 Å². The van der Waals surface area contributed by atoms with Crippen LogP contribution in [0.3, 0.4) is 0 Å². The molecule has 0 unspecified atom stereocenters. The van der Waals surface area contributed by atoms with Crippen molar-refractivity contribution in [3.63, 3.8) is 0 Å². The number of likely N-dealkylation sites (tertiary alicyclic amines) is 1. The molecule has 1 aromatic carbocycles. The summed E-state index contributed by atoms with van der Waals surface area (Å²) in [6.07, 6.45) is 0.258. The smallest absolute Gasteiger partial charge is 0.231 e. The summed E-state index contributed by atoms with van der Waals surface area (Å²) >= 11 is 0. The van der Waals surface area contributed by atoms with Gasteiger partial charge in [0.2, 0.25) is 18.6 Å². The van der Waals surface area contributed by atoms with Crippen molar-refractivity contribution >= 4 is 17.5 Å². The fourth-order valence-corrected chi connectivity index (χ4v) is 2.75. The predicted octanol–water partition coefficient (Wildman–Crippen LogP) is 2.00. The van der Waals surface area contributed by atoms with Gasteiger partial charge in [0, 0.05) is 30.3 Å². The molecule has 2 aliphatic rings. The number of carbonyl (C=O) groups excluding carboxylic acids is 2. The molecular formula is C16H20N2O4. The summed E-state index contributed by atoms with van der Waals surface area (Å²) in [6, 6.07) is 5.27. The molecule has 6 heteroatoms. The molecule has 1 fully saturated rings. The molecule has 2 amide bonds. The number of carbonyl (C=O) groups is 2. The van der Waals surface area contributed by atoms with Crippen LogP contribution in [0.1, 0.15) is 27.2 Å². The van der Waals surface area contributed by atoms with E-state index in [-0.39, 0.29) is 36.5 Å². The van der Waals surface area contributed by atoms with Crippen molar-refractivity contribution in [2.24, 2.45) is 5.92 Å². The monoisotopic (exact) mass is 304 g/mol. The van der Waals surface area contributed by atoms with Crippen molar-refractivity contribution in [1.82, 2.24) is 4.90 Å². The van der Waals surface area contributed by atoms with Crippen LogP contribution in [0.4, 0.5) is 5.69 Å². The number of fused-ring (bicyclic) bond motifs is 1. The zero-order valence-electron chi connectivity index (χ0n) is 13.0. The zero-order valence-corrected chi connectivity index (χ0v) is 13.0. The van der Waals surface area contributed by atoms with E-state index in [0.717, 1.165) is 0 Å². The van der Waals surface area contributed by atoms with Crippen LogP contribution in [0.15, 0.2) is 18.2 Å². The van der Waals surface area contributed by atoms with E-state index in [0.29, 0.717) is 23.7 Å². The van der Waals surface area contributed by atoms with E-state index in [9.17, 15) is 9.59 Å². The van der Waals surface area contributed by atoms with Crippen molar-refractivity contribution in [2.75, 3.05) is 18.7 Å². The Balaban J connectivity index is 1.67. The third-order valence-electron chi connectivity index (χ3n) is 3.95. The molecule has 0 saturated carbocycles. The highest BCUT2D eigenvalue weighted by Crippen LogP contribution is 2.34. The Hall–Kier alpha value is -2.24. The standard InChI is InChI=1S/C16H20N2O4/c1-16(2,3)18-8-10(6-14(18)19)15(20)17-11-4-5-12-13(7-11)22-9-21-12/h4-5,7,10H,6,8-9H2,1-3H3,(H,17,20)/t10-/m0/s1. The lowest BCUT2D eigenvalue weighted by Crippen LogP contribution is -2.42. The maximum Gasteiger partial charge on any atom is 0.231 e. The minimum absolute atomic E-state index is 0.0262. The Morgan fingerprint density at radius 3 is 2.68 bits per heavy atom. The van der Waals surface area contributed by atoms with Gasteiger partial charge < -0.3 is 19.7 Å². The molecule has 0 radical (unpaired) electrons. The summed E-state index contributed by atoms with van der Waals surface area (Å²) in [5.41, 5.74) is 0.390. The lowest BCUT2D eigenvalue weighted by atomic mass is 10.1. The minimum Gasteiger partial charge on any atom is -0.454 e. The third-order valence-corrected chi connectivity index (χ3v) is 3.95. The zero-order chi connectivity index (χ0) is 15.9. The second kappa shape index (κ2) is 5.19. The summed E-state index contributed by atoms with van der Waals surface area (Å²) in [7, 11) is 0. The van der Waals surface area contributed by atoms with E-state index < -0.39 is 0 Å². The SMILES string of the molecule is CC(C)(C)N1C[C@@H](C(=O)Nc2ccc3c(c2)OCO3)CC1=O. The van der Waals surface area contributed by atoms with E-state index in [1.165, 1.54) is 0 Å². The Kier molecular flexibility index (Phi) is 3.47. The molecule has 118 valence electrons. The van der Waals surface area contributed by atoms with Gasteiger partial charge in [-0.1, -0.05) is 0 Å². The van der Waals surface area contributed by atoms with Crippen molar-refractivity contribution in [1.29, 1.82) is 0 Å². The largest absolute Gasteiger partial charge is 0.454 e. The highest BCUT2D eigenvalue weighted by molar-refractivity contribution is 5.97. The second-order valence-corrected chi connectivity index (χ2v) is 6.63. The van der Waals surface area contributed by atoms with Gasteiger partial charge in [-0.15, -0.1) is 0 Å². The molecular weight excluding hydrogens is 284 g/mol. The minimum atomic E-state index is -0.322. The number of benzene rings is 1. The summed E-state index contributed by atoms with van der Waals surface area (Å²) in [5.74, 6) is 0.860. The lowest BCUT2D eigenvalue weighted by molar-refractivity contribution is -0.131. The van der Waals surface area contributed by atoms with Gasteiger partial charge in [0.1, 0.15) is 0 Å². The van der Waals surface area contributed by atoms with Gasteiger partial charge in [-0.3, -0.25) is 9.59 Å². The Morgan fingerprint density at radius 2 is 2.00 bits per heavy atom. The Bertz CT molecular complexity index is 621. The predicted molar refractivity (Wildman–Crippen MR) is 80.8 cm³/mol. The quantitative estimate of drug-likeness (QED) is 0.907. The molecule has 0 aromatic heterocycles.